The normalized spacial score (nSPS) is 15.4. The van der Waals surface area contributed by atoms with Crippen molar-refractivity contribution in [3.8, 4) is 0 Å². The molecule has 0 bridgehead atoms. The summed E-state index contributed by atoms with van der Waals surface area (Å²) in [5, 5.41) is 73.4. The van der Waals surface area contributed by atoms with Crippen molar-refractivity contribution >= 4 is 71.3 Å². The number of rotatable bonds is 42. The quantitative estimate of drug-likeness (QED) is 0.0419. The second-order valence-electron chi connectivity index (χ2n) is 22.5. The lowest BCUT2D eigenvalue weighted by molar-refractivity contribution is -0.143. The van der Waals surface area contributed by atoms with E-state index in [2.05, 4.69) is 31.9 Å². The maximum Gasteiger partial charge on any atom is 0.326 e. The Kier molecular flexibility index (Phi) is 36.1. The number of nitrogens with one attached hydrogen (secondary N) is 6. The number of carboxylic acid groups (broad SMARTS) is 6. The van der Waals surface area contributed by atoms with Crippen LogP contribution < -0.4 is 31.9 Å². The Morgan fingerprint density at radius 2 is 0.831 bits per heavy atom. The highest BCUT2D eigenvalue weighted by Gasteiger charge is 2.32. The van der Waals surface area contributed by atoms with Crippen molar-refractivity contribution in [1.82, 2.24) is 51.5 Å². The molecule has 2 aromatic carbocycles. The lowest BCUT2D eigenvalue weighted by atomic mass is 9.89. The van der Waals surface area contributed by atoms with Crippen molar-refractivity contribution in [3.63, 3.8) is 0 Å². The molecule has 0 spiro atoms. The summed E-state index contributed by atoms with van der Waals surface area (Å²) in [6, 6.07) is 13.0. The van der Waals surface area contributed by atoms with Crippen LogP contribution in [0, 0.1) is 5.92 Å². The first-order valence-corrected chi connectivity index (χ1v) is 30.5. The molecule has 0 radical (unpaired) electrons. The summed E-state index contributed by atoms with van der Waals surface area (Å²) in [6.45, 7) is 2.25. The Labute approximate surface area is 518 Å². The zero-order valence-corrected chi connectivity index (χ0v) is 51.0. The first-order chi connectivity index (χ1) is 42.4. The molecule has 28 heteroatoms. The number of ketones is 1. The summed E-state index contributed by atoms with van der Waals surface area (Å²) in [7, 11) is 0. The second kappa shape index (κ2) is 42.7. The molecule has 6 amide bonds. The van der Waals surface area contributed by atoms with E-state index in [1.807, 2.05) is 0 Å². The van der Waals surface area contributed by atoms with Crippen molar-refractivity contribution in [2.75, 3.05) is 91.6 Å². The molecular weight excluding hydrogens is 1160 g/mol. The van der Waals surface area contributed by atoms with Crippen molar-refractivity contribution in [2.24, 2.45) is 5.92 Å². The first kappa shape index (κ1) is 75.2. The van der Waals surface area contributed by atoms with Gasteiger partial charge >= 0.3 is 41.8 Å². The van der Waals surface area contributed by atoms with E-state index in [1.54, 1.807) is 87.2 Å². The van der Waals surface area contributed by atoms with Crippen molar-refractivity contribution in [1.29, 1.82) is 0 Å². The average molecular weight is 1250 g/mol. The minimum absolute atomic E-state index is 0.0210. The third-order valence-corrected chi connectivity index (χ3v) is 15.0. The number of unbranched alkanes of at least 4 members (excludes halogenated alkanes) is 5. The summed E-state index contributed by atoms with van der Waals surface area (Å²) < 4.78 is 0. The summed E-state index contributed by atoms with van der Waals surface area (Å²) in [5.74, 6) is -9.98. The van der Waals surface area contributed by atoms with E-state index in [4.69, 9.17) is 5.11 Å². The molecule has 28 nitrogen and oxygen atoms in total. The molecule has 1 heterocycles. The van der Waals surface area contributed by atoms with Crippen molar-refractivity contribution in [2.45, 2.75) is 140 Å². The first-order valence-electron chi connectivity index (χ1n) is 30.5. The van der Waals surface area contributed by atoms with Crippen LogP contribution in [-0.4, -0.2) is 237 Å². The van der Waals surface area contributed by atoms with Crippen molar-refractivity contribution < 1.29 is 88.2 Å². The average Bonchev–Trinajstić information content (AvgIpc) is 3.68. The molecule has 1 aliphatic rings. The van der Waals surface area contributed by atoms with Crippen molar-refractivity contribution in [3.05, 3.63) is 71.8 Å². The summed E-state index contributed by atoms with van der Waals surface area (Å²) in [5.41, 5.74) is 1.41. The number of carboxylic acids is 6. The van der Waals surface area contributed by atoms with E-state index in [-0.39, 0.29) is 155 Å². The number of Topliss-reactive ketones (excluding diaryl/α,β-unsaturated/α-hetero) is 1. The number of nitrogens with zero attached hydrogens (tertiary/aromatic N) is 4. The predicted octanol–water partition coefficient (Wildman–Crippen LogP) is 1.50. The number of carbonyl (C=O) groups excluding carboxylic acids is 6. The minimum Gasteiger partial charge on any atom is -0.481 e. The topological polar surface area (TPSA) is 411 Å². The van der Waals surface area contributed by atoms with Gasteiger partial charge in [0.2, 0.25) is 23.6 Å². The van der Waals surface area contributed by atoms with Crippen LogP contribution >= 0.6 is 0 Å². The van der Waals surface area contributed by atoms with E-state index in [1.165, 1.54) is 0 Å². The fraction of sp³-hybridized carbons (Fsp3) is 0.607. The Hall–Kier alpha value is -8.08. The molecule has 0 saturated carbocycles. The van der Waals surface area contributed by atoms with Gasteiger partial charge < -0.3 is 62.5 Å². The highest BCUT2D eigenvalue weighted by atomic mass is 16.4. The number of aliphatic carboxylic acids is 6. The largest absolute Gasteiger partial charge is 0.481 e. The van der Waals surface area contributed by atoms with Gasteiger partial charge in [-0.3, -0.25) is 62.8 Å². The minimum atomic E-state index is -1.33. The Morgan fingerprint density at radius 1 is 0.416 bits per heavy atom. The van der Waals surface area contributed by atoms with Crippen LogP contribution in [0.2, 0.25) is 0 Å². The summed E-state index contributed by atoms with van der Waals surface area (Å²) >= 11 is 0. The van der Waals surface area contributed by atoms with Crippen LogP contribution in [0.5, 0.6) is 0 Å². The number of carbonyl (C=O) groups is 12. The smallest absolute Gasteiger partial charge is 0.326 e. The van der Waals surface area contributed by atoms with Gasteiger partial charge in [0, 0.05) is 103 Å². The molecule has 2 aromatic rings. The molecule has 1 saturated heterocycles. The fourth-order valence-corrected chi connectivity index (χ4v) is 10.0. The van der Waals surface area contributed by atoms with E-state index < -0.39 is 89.5 Å². The van der Waals surface area contributed by atoms with Gasteiger partial charge in [-0.1, -0.05) is 73.5 Å². The molecule has 494 valence electrons. The number of benzene rings is 2. The molecule has 1 fully saturated rings. The lowest BCUT2D eigenvalue weighted by Crippen LogP contribution is -2.51. The third kappa shape index (κ3) is 34.9. The van der Waals surface area contributed by atoms with Gasteiger partial charge in [0.25, 0.3) is 0 Å². The zero-order chi connectivity index (χ0) is 65.5. The second-order valence-corrected chi connectivity index (χ2v) is 22.5. The van der Waals surface area contributed by atoms with Crippen LogP contribution in [0.3, 0.4) is 0 Å². The number of urea groups is 1. The standard InChI is InChI=1S/C61H92N10O18/c1-43(24-25-54(76)77)64-61(89)67-48(60(87)88)21-13-15-27-63-52(74)23-11-3-2-10-22-51(73)62-26-14-12-20-47(59(85)86)66-58(84)46(36-44-16-6-4-7-17-44)38-50(72)49(37-45-18-8-5-9-19-45)65-53(75)39-68-28-30-69(40-55(78)79)32-34-71(42-57(82)83)35-33-70(31-29-68)41-56(80)81/h4-9,16-19,43,46-49H,2-3,10-15,20-42H2,1H3,(H,62,73)(H,63,74)(H,65,75)(H,66,84)(H,76,77)(H,78,79)(H,80,81)(H,82,83)(H,85,86)(H,87,88)(H2,64,67,89)/t43-,46?,47?,48+,49?/m1/s1. The summed E-state index contributed by atoms with van der Waals surface area (Å²) in [6.07, 6.45) is 4.65. The van der Waals surface area contributed by atoms with Gasteiger partial charge in [-0.2, -0.15) is 0 Å². The van der Waals surface area contributed by atoms with Crippen LogP contribution in [0.15, 0.2) is 60.7 Å². The fourth-order valence-electron chi connectivity index (χ4n) is 10.0. The van der Waals surface area contributed by atoms with E-state index in [0.29, 0.717) is 69.0 Å². The molecule has 12 N–H and O–H groups in total. The highest BCUT2D eigenvalue weighted by Crippen LogP contribution is 2.18. The SMILES string of the molecule is C[C@H](CCC(=O)O)NC(=O)N[C@@H](CCCCNC(=O)CCCCCCC(=O)NCCCCC(NC(=O)C(CC(=O)C(Cc1ccccc1)NC(=O)CN1CCN(CC(=O)O)CCN(CC(=O)O)CCN(CC(=O)O)CC1)Cc1ccccc1)C(=O)O)C(=O)O. The number of hydrogen-bond donors (Lipinski definition) is 12. The molecular formula is C61H92N10O18. The summed E-state index contributed by atoms with van der Waals surface area (Å²) in [4.78, 5) is 157. The molecule has 0 aliphatic carbocycles. The Balaban J connectivity index is 1.52. The maximum absolute atomic E-state index is 14.5. The lowest BCUT2D eigenvalue weighted by Gasteiger charge is -2.33. The van der Waals surface area contributed by atoms with Gasteiger partial charge in [0.15, 0.2) is 5.78 Å². The molecule has 3 unspecified atom stereocenters. The van der Waals surface area contributed by atoms with Gasteiger partial charge in [-0.05, 0) is 88.7 Å². The Bertz CT molecular complexity index is 2550. The van der Waals surface area contributed by atoms with Gasteiger partial charge in [0.05, 0.1) is 32.2 Å². The molecule has 5 atom stereocenters. The number of hydrogen-bond acceptors (Lipinski definition) is 16. The Morgan fingerprint density at radius 3 is 1.25 bits per heavy atom. The van der Waals surface area contributed by atoms with Gasteiger partial charge in [0.1, 0.15) is 12.1 Å². The predicted molar refractivity (Wildman–Crippen MR) is 324 cm³/mol. The van der Waals surface area contributed by atoms with Gasteiger partial charge in [-0.25, -0.2) is 14.4 Å². The van der Waals surface area contributed by atoms with Crippen LogP contribution in [0.4, 0.5) is 4.79 Å². The third-order valence-electron chi connectivity index (χ3n) is 15.0. The van der Waals surface area contributed by atoms with Crippen LogP contribution in [-0.2, 0) is 65.6 Å². The molecule has 1 aliphatic heterocycles. The molecule has 3 rings (SSSR count). The maximum atomic E-state index is 14.5. The van der Waals surface area contributed by atoms with Gasteiger partial charge in [-0.15, -0.1) is 0 Å². The molecule has 89 heavy (non-hydrogen) atoms. The van der Waals surface area contributed by atoms with E-state index >= 15 is 0 Å². The zero-order valence-electron chi connectivity index (χ0n) is 51.0. The molecule has 0 aromatic heterocycles. The van der Waals surface area contributed by atoms with E-state index in [0.717, 1.165) is 0 Å². The number of amides is 6. The van der Waals surface area contributed by atoms with E-state index in [9.17, 15) is 83.1 Å². The monoisotopic (exact) mass is 1250 g/mol. The van der Waals surface area contributed by atoms with Crippen LogP contribution in [0.1, 0.15) is 114 Å². The highest BCUT2D eigenvalue weighted by molar-refractivity contribution is 5.94. The van der Waals surface area contributed by atoms with Crippen LogP contribution in [0.25, 0.3) is 0 Å².